The van der Waals surface area contributed by atoms with Gasteiger partial charge in [0.1, 0.15) is 0 Å². The molecular formula is C8H16N2O2. The van der Waals surface area contributed by atoms with E-state index in [-0.39, 0.29) is 11.8 Å². The van der Waals surface area contributed by atoms with Crippen molar-refractivity contribution >= 4 is 11.8 Å². The van der Waals surface area contributed by atoms with Gasteiger partial charge in [0, 0.05) is 6.54 Å². The fourth-order valence-corrected chi connectivity index (χ4v) is 0.588. The van der Waals surface area contributed by atoms with Crippen LogP contribution in [-0.2, 0) is 4.79 Å². The van der Waals surface area contributed by atoms with Crippen molar-refractivity contribution in [2.45, 2.75) is 33.2 Å². The van der Waals surface area contributed by atoms with Gasteiger partial charge in [-0.15, -0.1) is 0 Å². The van der Waals surface area contributed by atoms with Gasteiger partial charge in [-0.05, 0) is 20.3 Å². The van der Waals surface area contributed by atoms with E-state index in [0.717, 1.165) is 6.42 Å². The van der Waals surface area contributed by atoms with Gasteiger partial charge in [-0.3, -0.25) is 4.79 Å². The summed E-state index contributed by atoms with van der Waals surface area (Å²) in [7, 11) is 0. The molecule has 0 aromatic heterocycles. The van der Waals surface area contributed by atoms with E-state index in [9.17, 15) is 9.59 Å². The molecule has 2 amide bonds. The van der Waals surface area contributed by atoms with Gasteiger partial charge >= 0.3 is 6.03 Å². The van der Waals surface area contributed by atoms with Gasteiger partial charge in [0.2, 0.25) is 0 Å². The first-order chi connectivity index (χ1) is 5.57. The highest BCUT2D eigenvalue weighted by molar-refractivity contribution is 5.86. The summed E-state index contributed by atoms with van der Waals surface area (Å²) in [5.41, 5.74) is 0. The van der Waals surface area contributed by atoms with Gasteiger partial charge in [-0.1, -0.05) is 6.92 Å². The van der Waals surface area contributed by atoms with Crippen LogP contribution in [0.15, 0.2) is 0 Å². The number of carbonyl (C=O) groups excluding carboxylic acids is 2. The molecule has 0 fully saturated rings. The van der Waals surface area contributed by atoms with Crippen molar-refractivity contribution in [1.29, 1.82) is 0 Å². The number of nitrogens with one attached hydrogen (secondary N) is 2. The monoisotopic (exact) mass is 172 g/mol. The average molecular weight is 172 g/mol. The normalized spacial score (nSPS) is 11.9. The number of carbonyl (C=O) groups is 2. The molecule has 0 rings (SSSR count). The molecule has 0 aliphatic carbocycles. The Balaban J connectivity index is 3.61. The molecule has 0 bridgehead atoms. The Labute approximate surface area is 72.7 Å². The number of urea groups is 1. The molecule has 0 heterocycles. The Morgan fingerprint density at radius 1 is 1.42 bits per heavy atom. The Bertz CT molecular complexity index is 168. The molecule has 4 heteroatoms. The summed E-state index contributed by atoms with van der Waals surface area (Å²) < 4.78 is 0. The highest BCUT2D eigenvalue weighted by Gasteiger charge is 2.09. The van der Waals surface area contributed by atoms with Crippen molar-refractivity contribution in [2.24, 2.45) is 0 Å². The highest BCUT2D eigenvalue weighted by Crippen LogP contribution is 1.82. The summed E-state index contributed by atoms with van der Waals surface area (Å²) in [6, 6.07) is -0.679. The lowest BCUT2D eigenvalue weighted by molar-refractivity contribution is -0.118. The first-order valence-corrected chi connectivity index (χ1v) is 4.12. The molecule has 0 aromatic rings. The average Bonchev–Trinajstić information content (AvgIpc) is 2.00. The van der Waals surface area contributed by atoms with Crippen LogP contribution in [0.4, 0.5) is 4.79 Å². The molecule has 4 nitrogen and oxygen atoms in total. The molecule has 12 heavy (non-hydrogen) atoms. The van der Waals surface area contributed by atoms with Crippen LogP contribution in [0, 0.1) is 0 Å². The lowest BCUT2D eigenvalue weighted by Gasteiger charge is -2.10. The SMILES string of the molecule is CCCNC(=O)NC(C)C(C)=O. The summed E-state index contributed by atoms with van der Waals surface area (Å²) in [4.78, 5) is 21.7. The van der Waals surface area contributed by atoms with Crippen LogP contribution < -0.4 is 10.6 Å². The van der Waals surface area contributed by atoms with Crippen molar-refractivity contribution in [3.05, 3.63) is 0 Å². The maximum atomic E-state index is 10.9. The molecule has 0 aliphatic heterocycles. The summed E-state index contributed by atoms with van der Waals surface area (Å²) in [5.74, 6) is -0.0401. The van der Waals surface area contributed by atoms with Gasteiger partial charge in [-0.2, -0.15) is 0 Å². The number of hydrogen-bond acceptors (Lipinski definition) is 2. The Morgan fingerprint density at radius 2 is 2.00 bits per heavy atom. The van der Waals surface area contributed by atoms with E-state index in [1.165, 1.54) is 6.92 Å². The molecule has 1 unspecified atom stereocenters. The first kappa shape index (κ1) is 10.9. The number of rotatable bonds is 4. The van der Waals surface area contributed by atoms with E-state index in [4.69, 9.17) is 0 Å². The van der Waals surface area contributed by atoms with Crippen LogP contribution >= 0.6 is 0 Å². The fraction of sp³-hybridized carbons (Fsp3) is 0.750. The topological polar surface area (TPSA) is 58.2 Å². The molecule has 0 saturated carbocycles. The van der Waals surface area contributed by atoms with E-state index in [0.29, 0.717) is 6.54 Å². The number of ketones is 1. The predicted octanol–water partition coefficient (Wildman–Crippen LogP) is 0.673. The smallest absolute Gasteiger partial charge is 0.315 e. The summed E-state index contributed by atoms with van der Waals surface area (Å²) in [6.45, 7) is 5.71. The van der Waals surface area contributed by atoms with Crippen LogP contribution in [-0.4, -0.2) is 24.4 Å². The maximum Gasteiger partial charge on any atom is 0.315 e. The van der Waals surface area contributed by atoms with Gasteiger partial charge in [0.25, 0.3) is 0 Å². The lowest BCUT2D eigenvalue weighted by atomic mass is 10.2. The van der Waals surface area contributed by atoms with Gasteiger partial charge in [-0.25, -0.2) is 4.79 Å². The van der Waals surface area contributed by atoms with Crippen LogP contribution in [0.1, 0.15) is 27.2 Å². The Kier molecular flexibility index (Phi) is 5.08. The summed E-state index contributed by atoms with van der Waals surface area (Å²) >= 11 is 0. The number of hydrogen-bond donors (Lipinski definition) is 2. The minimum Gasteiger partial charge on any atom is -0.338 e. The zero-order valence-electron chi connectivity index (χ0n) is 7.81. The van der Waals surface area contributed by atoms with Crippen LogP contribution in [0.25, 0.3) is 0 Å². The van der Waals surface area contributed by atoms with E-state index in [1.807, 2.05) is 6.92 Å². The highest BCUT2D eigenvalue weighted by atomic mass is 16.2. The van der Waals surface area contributed by atoms with E-state index in [1.54, 1.807) is 6.92 Å². The maximum absolute atomic E-state index is 10.9. The second-order valence-corrected chi connectivity index (χ2v) is 2.73. The van der Waals surface area contributed by atoms with E-state index < -0.39 is 6.04 Å². The molecule has 2 N–H and O–H groups in total. The third-order valence-electron chi connectivity index (χ3n) is 1.49. The lowest BCUT2D eigenvalue weighted by Crippen LogP contribution is -2.43. The third-order valence-corrected chi connectivity index (χ3v) is 1.49. The van der Waals surface area contributed by atoms with E-state index in [2.05, 4.69) is 10.6 Å². The fourth-order valence-electron chi connectivity index (χ4n) is 0.588. The molecule has 0 spiro atoms. The second kappa shape index (κ2) is 5.57. The molecule has 70 valence electrons. The van der Waals surface area contributed by atoms with Crippen molar-refractivity contribution in [1.82, 2.24) is 10.6 Å². The molecule has 0 aromatic carbocycles. The van der Waals surface area contributed by atoms with Crippen molar-refractivity contribution in [3.63, 3.8) is 0 Å². The van der Waals surface area contributed by atoms with E-state index >= 15 is 0 Å². The largest absolute Gasteiger partial charge is 0.338 e. The second-order valence-electron chi connectivity index (χ2n) is 2.73. The quantitative estimate of drug-likeness (QED) is 0.655. The zero-order chi connectivity index (χ0) is 9.56. The third kappa shape index (κ3) is 4.71. The summed E-state index contributed by atoms with van der Waals surface area (Å²) in [6.07, 6.45) is 0.891. The standard InChI is InChI=1S/C8H16N2O2/c1-4-5-9-8(12)10-6(2)7(3)11/h6H,4-5H2,1-3H3,(H2,9,10,12). The minimum atomic E-state index is -0.401. The number of amides is 2. The van der Waals surface area contributed by atoms with Crippen LogP contribution in [0.5, 0.6) is 0 Å². The van der Waals surface area contributed by atoms with Crippen molar-refractivity contribution in [3.8, 4) is 0 Å². The van der Waals surface area contributed by atoms with Crippen molar-refractivity contribution in [2.75, 3.05) is 6.54 Å². The van der Waals surface area contributed by atoms with Crippen LogP contribution in [0.2, 0.25) is 0 Å². The molecule has 0 aliphatic rings. The van der Waals surface area contributed by atoms with Crippen molar-refractivity contribution < 1.29 is 9.59 Å². The van der Waals surface area contributed by atoms with Crippen LogP contribution in [0.3, 0.4) is 0 Å². The molecule has 0 saturated heterocycles. The minimum absolute atomic E-state index is 0.0401. The first-order valence-electron chi connectivity index (χ1n) is 4.12. The van der Waals surface area contributed by atoms with Gasteiger partial charge < -0.3 is 10.6 Å². The molecule has 1 atom stereocenters. The Hall–Kier alpha value is -1.06. The zero-order valence-corrected chi connectivity index (χ0v) is 7.81. The van der Waals surface area contributed by atoms with Gasteiger partial charge in [0.05, 0.1) is 6.04 Å². The summed E-state index contributed by atoms with van der Waals surface area (Å²) in [5, 5.41) is 5.13. The predicted molar refractivity (Wildman–Crippen MR) is 47.0 cm³/mol. The Morgan fingerprint density at radius 3 is 2.42 bits per heavy atom. The molecule has 0 radical (unpaired) electrons. The number of Topliss-reactive ketones (excluding diaryl/α,β-unsaturated/α-hetero) is 1. The van der Waals surface area contributed by atoms with Gasteiger partial charge in [0.15, 0.2) is 5.78 Å². The molecular weight excluding hydrogens is 156 g/mol.